The number of halogens is 1. The number of amides is 2. The maximum atomic E-state index is 11.8. The SMILES string of the molecule is Clc1ccnc(-c2ccnc(Nc3ccc4c(c3)COC4)n2)c1.NC(=O)c1ccccc1-c1ccnc(-c2ccnc(Nc3ccc4c(c3)COC4)n2)c1.NC(=O)c1ccccc1B(O)O. The minimum absolute atomic E-state index is 0.130. The van der Waals surface area contributed by atoms with Crippen molar-refractivity contribution in [3.05, 3.63) is 185 Å². The van der Waals surface area contributed by atoms with Crippen molar-refractivity contribution >= 4 is 59.3 Å². The number of hydrogen-bond acceptors (Lipinski definition) is 14. The number of nitrogens with zero attached hydrogens (tertiary/aromatic N) is 6. The molecule has 8 N–H and O–H groups in total. The van der Waals surface area contributed by atoms with Crippen molar-refractivity contribution < 1.29 is 29.1 Å². The van der Waals surface area contributed by atoms with Crippen molar-refractivity contribution in [2.45, 2.75) is 26.4 Å². The Balaban J connectivity index is 0.000000148. The smallest absolute Gasteiger partial charge is 0.423 e. The van der Waals surface area contributed by atoms with Crippen LogP contribution in [-0.4, -0.2) is 58.9 Å². The minimum Gasteiger partial charge on any atom is -0.423 e. The maximum absolute atomic E-state index is 11.8. The molecule has 0 unspecified atom stereocenters. The zero-order valence-electron chi connectivity index (χ0n) is 35.0. The number of rotatable bonds is 10. The number of carbonyl (C=O) groups excluding carboxylic acids is 2. The molecular formula is C48H40BClN10O6. The number of pyridine rings is 2. The number of nitrogens with two attached hydrogens (primary N) is 2. The molecule has 0 saturated carbocycles. The van der Waals surface area contributed by atoms with Gasteiger partial charge in [0.25, 0.3) is 0 Å². The van der Waals surface area contributed by atoms with Gasteiger partial charge in [-0.25, -0.2) is 19.9 Å². The van der Waals surface area contributed by atoms with Gasteiger partial charge >= 0.3 is 7.12 Å². The molecule has 16 nitrogen and oxygen atoms in total. The summed E-state index contributed by atoms with van der Waals surface area (Å²) in [4.78, 5) is 49.0. The van der Waals surface area contributed by atoms with Crippen LogP contribution in [0.2, 0.25) is 5.02 Å². The van der Waals surface area contributed by atoms with Crippen LogP contribution in [0.1, 0.15) is 43.0 Å². The van der Waals surface area contributed by atoms with E-state index in [-0.39, 0.29) is 11.0 Å². The van der Waals surface area contributed by atoms with Gasteiger partial charge in [0.1, 0.15) is 0 Å². The lowest BCUT2D eigenvalue weighted by Gasteiger charge is -2.10. The summed E-state index contributed by atoms with van der Waals surface area (Å²) in [6.07, 6.45) is 6.74. The van der Waals surface area contributed by atoms with Crippen molar-refractivity contribution in [3.63, 3.8) is 0 Å². The molecule has 2 aliphatic rings. The van der Waals surface area contributed by atoms with Crippen molar-refractivity contribution in [3.8, 4) is 33.9 Å². The second-order valence-corrected chi connectivity index (χ2v) is 15.2. The average molecular weight is 899 g/mol. The van der Waals surface area contributed by atoms with Gasteiger partial charge in [-0.1, -0.05) is 60.1 Å². The average Bonchev–Trinajstić information content (AvgIpc) is 4.02. The van der Waals surface area contributed by atoms with Crippen LogP contribution in [0.4, 0.5) is 23.3 Å². The highest BCUT2D eigenvalue weighted by molar-refractivity contribution is 6.60. The van der Waals surface area contributed by atoms with Gasteiger partial charge in [-0.2, -0.15) is 0 Å². The summed E-state index contributed by atoms with van der Waals surface area (Å²) >= 11 is 6.01. The number of hydrogen-bond donors (Lipinski definition) is 6. The number of fused-ring (bicyclic) bond motifs is 2. The molecule has 0 fully saturated rings. The molecule has 0 saturated heterocycles. The number of anilines is 4. The van der Waals surface area contributed by atoms with Gasteiger partial charge in [0.15, 0.2) is 0 Å². The lowest BCUT2D eigenvalue weighted by Crippen LogP contribution is -2.36. The Hall–Kier alpha value is -7.93. The van der Waals surface area contributed by atoms with Crippen LogP contribution in [0.15, 0.2) is 146 Å². The van der Waals surface area contributed by atoms with Crippen molar-refractivity contribution in [2.24, 2.45) is 11.5 Å². The molecule has 2 amide bonds. The Morgan fingerprint density at radius 2 is 1.05 bits per heavy atom. The number of ether oxygens (including phenoxy) is 2. The lowest BCUT2D eigenvalue weighted by atomic mass is 9.77. The van der Waals surface area contributed by atoms with E-state index in [0.717, 1.165) is 28.2 Å². The molecule has 10 rings (SSSR count). The Morgan fingerprint density at radius 3 is 1.59 bits per heavy atom. The highest BCUT2D eigenvalue weighted by atomic mass is 35.5. The zero-order chi connectivity index (χ0) is 46.0. The Morgan fingerprint density at radius 1 is 0.545 bits per heavy atom. The van der Waals surface area contributed by atoms with Crippen LogP contribution >= 0.6 is 11.6 Å². The van der Waals surface area contributed by atoms with Gasteiger partial charge in [0, 0.05) is 52.3 Å². The molecule has 4 aromatic carbocycles. The minimum atomic E-state index is -1.66. The summed E-state index contributed by atoms with van der Waals surface area (Å²) in [7, 11) is -1.66. The first-order valence-electron chi connectivity index (χ1n) is 20.4. The molecule has 0 aliphatic carbocycles. The molecule has 6 heterocycles. The van der Waals surface area contributed by atoms with Gasteiger partial charge < -0.3 is 41.6 Å². The second kappa shape index (κ2) is 20.7. The van der Waals surface area contributed by atoms with Crippen molar-refractivity contribution in [1.29, 1.82) is 0 Å². The van der Waals surface area contributed by atoms with E-state index in [1.54, 1.807) is 73.3 Å². The monoisotopic (exact) mass is 898 g/mol. The largest absolute Gasteiger partial charge is 0.489 e. The maximum Gasteiger partial charge on any atom is 0.489 e. The van der Waals surface area contributed by atoms with Gasteiger partial charge in [-0.05, 0) is 112 Å². The fourth-order valence-electron chi connectivity index (χ4n) is 7.06. The molecule has 328 valence electrons. The summed E-state index contributed by atoms with van der Waals surface area (Å²) in [5.74, 6) is -0.148. The van der Waals surface area contributed by atoms with Crippen LogP contribution < -0.4 is 27.6 Å². The second-order valence-electron chi connectivity index (χ2n) is 14.8. The summed E-state index contributed by atoms with van der Waals surface area (Å²) < 4.78 is 10.9. The first-order valence-corrected chi connectivity index (χ1v) is 20.8. The van der Waals surface area contributed by atoms with Crippen molar-refractivity contribution in [1.82, 2.24) is 29.9 Å². The van der Waals surface area contributed by atoms with Crippen molar-refractivity contribution in [2.75, 3.05) is 10.6 Å². The summed E-state index contributed by atoms with van der Waals surface area (Å²) in [5, 5.41) is 24.7. The number of aromatic nitrogens is 6. The predicted octanol–water partition coefficient (Wildman–Crippen LogP) is 6.51. The fourth-order valence-corrected chi connectivity index (χ4v) is 7.22. The van der Waals surface area contributed by atoms with Crippen LogP contribution in [0.3, 0.4) is 0 Å². The number of carbonyl (C=O) groups is 2. The standard InChI is InChI=1S/C24H19N5O2.C17H13ClN4O.C7H8BNO3/c25-23(30)20-4-2-1-3-19(20)15-7-9-26-22(12-15)21-8-10-27-24(29-21)28-18-6-5-16-13-31-14-17(16)11-18;18-13-3-5-19-16(8-13)15-4-6-20-17(22-15)21-14-2-1-11-9-23-10-12(11)7-14;9-7(10)5-3-1-2-4-6(5)8(11)12/h1-12H,13-14H2,(H2,25,30)(H,27,28,29);1-8H,9-10H2,(H,20,21,22);1-4,11-12H,(H2,9,10). The van der Waals surface area contributed by atoms with Crippen LogP contribution in [0, 0.1) is 0 Å². The molecular weight excluding hydrogens is 859 g/mol. The molecule has 8 aromatic rings. The molecule has 2 aliphatic heterocycles. The van der Waals surface area contributed by atoms with Crippen LogP contribution in [0.25, 0.3) is 33.9 Å². The van der Waals surface area contributed by atoms with Gasteiger partial charge in [0.2, 0.25) is 23.7 Å². The third-order valence-corrected chi connectivity index (χ3v) is 10.5. The van der Waals surface area contributed by atoms with E-state index >= 15 is 0 Å². The molecule has 0 radical (unpaired) electrons. The lowest BCUT2D eigenvalue weighted by molar-refractivity contribution is 0.0992. The van der Waals surface area contributed by atoms with Gasteiger partial charge in [-0.3, -0.25) is 19.6 Å². The molecule has 0 spiro atoms. The quantitative estimate of drug-likeness (QED) is 0.0802. The molecule has 0 bridgehead atoms. The van der Waals surface area contributed by atoms with E-state index in [4.69, 9.17) is 42.6 Å². The third-order valence-electron chi connectivity index (χ3n) is 10.3. The zero-order valence-corrected chi connectivity index (χ0v) is 35.8. The van der Waals surface area contributed by atoms with E-state index in [9.17, 15) is 9.59 Å². The Bertz CT molecular complexity index is 3050. The normalized spacial score (nSPS) is 12.0. The van der Waals surface area contributed by atoms with Gasteiger partial charge in [0.05, 0.1) is 49.2 Å². The summed E-state index contributed by atoms with van der Waals surface area (Å²) in [6.45, 7) is 2.61. The topological polar surface area (TPSA) is 246 Å². The van der Waals surface area contributed by atoms with E-state index < -0.39 is 18.9 Å². The first kappa shape index (κ1) is 44.7. The Labute approximate surface area is 383 Å². The number of benzene rings is 4. The molecule has 0 atom stereocenters. The highest BCUT2D eigenvalue weighted by Crippen LogP contribution is 2.29. The predicted molar refractivity (Wildman–Crippen MR) is 251 cm³/mol. The summed E-state index contributed by atoms with van der Waals surface area (Å²) in [5.41, 5.74) is 22.3. The first-order chi connectivity index (χ1) is 32.1. The highest BCUT2D eigenvalue weighted by Gasteiger charge is 2.18. The Kier molecular flexibility index (Phi) is 14.0. The number of nitrogens with one attached hydrogen (secondary N) is 2. The molecule has 18 heteroatoms. The fraction of sp³-hybridized carbons (Fsp3) is 0.0833. The third kappa shape index (κ3) is 11.0. The molecule has 4 aromatic heterocycles. The van der Waals surface area contributed by atoms with Crippen LogP contribution in [0.5, 0.6) is 0 Å². The summed E-state index contributed by atoms with van der Waals surface area (Å²) in [6, 6.07) is 36.4. The van der Waals surface area contributed by atoms with Crippen LogP contribution in [-0.2, 0) is 35.9 Å². The van der Waals surface area contributed by atoms with Gasteiger partial charge in [-0.15, -0.1) is 0 Å². The van der Waals surface area contributed by atoms with E-state index in [1.807, 2.05) is 36.4 Å². The number of primary amides is 2. The molecule has 66 heavy (non-hydrogen) atoms. The van der Waals surface area contributed by atoms with E-state index in [2.05, 4.69) is 64.8 Å². The van der Waals surface area contributed by atoms with E-state index in [0.29, 0.717) is 66.0 Å². The van der Waals surface area contributed by atoms with E-state index in [1.165, 1.54) is 34.4 Å².